The predicted octanol–water partition coefficient (Wildman–Crippen LogP) is 4.47. The van der Waals surface area contributed by atoms with Crippen molar-refractivity contribution in [1.82, 2.24) is 19.9 Å². The van der Waals surface area contributed by atoms with Gasteiger partial charge in [0.25, 0.3) is 5.91 Å². The van der Waals surface area contributed by atoms with Gasteiger partial charge in [0.2, 0.25) is 0 Å². The van der Waals surface area contributed by atoms with Crippen LogP contribution in [0.4, 0.5) is 15.9 Å². The number of aliphatic hydroxyl groups excluding tert-OH is 1. The molecule has 0 saturated carbocycles. The molecule has 1 amide bonds. The smallest absolute Gasteiger partial charge is 0.253 e. The van der Waals surface area contributed by atoms with Crippen LogP contribution in [-0.2, 0) is 5.41 Å². The summed E-state index contributed by atoms with van der Waals surface area (Å²) in [5.74, 6) is 0.314. The van der Waals surface area contributed by atoms with Gasteiger partial charge in [0.05, 0.1) is 17.3 Å². The minimum absolute atomic E-state index is 0.0960. The SMILES string of the molecule is CC1(C)CN(c2ncnc3ccc(-c4cccc(C(=O)N5CC[C@H](O)C5)c4)nc23)c2ccc(F)cc21. The van der Waals surface area contributed by atoms with Crippen molar-refractivity contribution in [2.75, 3.05) is 24.5 Å². The van der Waals surface area contributed by atoms with Gasteiger partial charge in [0.1, 0.15) is 17.7 Å². The van der Waals surface area contributed by atoms with Crippen LogP contribution in [0.25, 0.3) is 22.3 Å². The van der Waals surface area contributed by atoms with Crippen molar-refractivity contribution in [2.45, 2.75) is 31.8 Å². The van der Waals surface area contributed by atoms with Gasteiger partial charge in [-0.05, 0) is 54.4 Å². The molecule has 1 atom stereocenters. The number of pyridine rings is 1. The number of anilines is 2. The molecule has 2 aromatic carbocycles. The zero-order chi connectivity index (χ0) is 25.0. The molecular formula is C28H26FN5O2. The number of carbonyl (C=O) groups is 1. The van der Waals surface area contributed by atoms with Crippen molar-refractivity contribution in [2.24, 2.45) is 0 Å². The third-order valence-electron chi connectivity index (χ3n) is 7.11. The van der Waals surface area contributed by atoms with Gasteiger partial charge in [-0.1, -0.05) is 26.0 Å². The van der Waals surface area contributed by atoms with Crippen LogP contribution >= 0.6 is 0 Å². The van der Waals surface area contributed by atoms with Crippen LogP contribution in [0.3, 0.4) is 0 Å². The molecule has 0 spiro atoms. The summed E-state index contributed by atoms with van der Waals surface area (Å²) in [4.78, 5) is 30.7. The topological polar surface area (TPSA) is 82.5 Å². The molecule has 0 radical (unpaired) electrons. The highest BCUT2D eigenvalue weighted by Crippen LogP contribution is 2.45. The molecule has 1 saturated heterocycles. The standard InChI is InChI=1S/C28H26FN5O2/c1-28(2)15-34(24-9-6-19(29)13-21(24)28)26-25-23(30-16-31-26)8-7-22(32-25)17-4-3-5-18(12-17)27(36)33-11-10-20(35)14-33/h3-9,12-13,16,20,35H,10-11,14-15H2,1-2H3/t20-/m0/s1. The zero-order valence-corrected chi connectivity index (χ0v) is 20.1. The first-order chi connectivity index (χ1) is 17.3. The number of fused-ring (bicyclic) bond motifs is 2. The van der Waals surface area contributed by atoms with Crippen LogP contribution in [0.1, 0.15) is 36.2 Å². The number of hydrogen-bond donors (Lipinski definition) is 1. The highest BCUT2D eigenvalue weighted by Gasteiger charge is 2.37. The highest BCUT2D eigenvalue weighted by molar-refractivity contribution is 5.96. The number of aromatic nitrogens is 3. The van der Waals surface area contributed by atoms with Crippen LogP contribution < -0.4 is 4.90 Å². The lowest BCUT2D eigenvalue weighted by atomic mass is 9.87. The molecule has 36 heavy (non-hydrogen) atoms. The van der Waals surface area contributed by atoms with Crippen molar-refractivity contribution in [3.05, 3.63) is 77.9 Å². The Morgan fingerprint density at radius 1 is 1.11 bits per heavy atom. The summed E-state index contributed by atoms with van der Waals surface area (Å²) in [6, 6.07) is 16.0. The molecule has 2 aliphatic rings. The fourth-order valence-electron chi connectivity index (χ4n) is 5.25. The lowest BCUT2D eigenvalue weighted by Gasteiger charge is -2.22. The normalized spacial score (nSPS) is 18.6. The second-order valence-corrected chi connectivity index (χ2v) is 10.2. The Kier molecular flexibility index (Phi) is 5.22. The van der Waals surface area contributed by atoms with Gasteiger partial charge >= 0.3 is 0 Å². The van der Waals surface area contributed by atoms with Gasteiger partial charge in [-0.25, -0.2) is 19.3 Å². The van der Waals surface area contributed by atoms with E-state index < -0.39 is 6.10 Å². The lowest BCUT2D eigenvalue weighted by molar-refractivity contribution is 0.0765. The minimum atomic E-state index is -0.463. The predicted molar refractivity (Wildman–Crippen MR) is 136 cm³/mol. The number of aliphatic hydroxyl groups is 1. The maximum atomic E-state index is 14.0. The number of benzene rings is 2. The van der Waals surface area contributed by atoms with Gasteiger partial charge < -0.3 is 14.9 Å². The van der Waals surface area contributed by atoms with E-state index in [0.717, 1.165) is 16.8 Å². The van der Waals surface area contributed by atoms with Crippen LogP contribution in [0.15, 0.2) is 60.9 Å². The first kappa shape index (κ1) is 22.5. The summed E-state index contributed by atoms with van der Waals surface area (Å²) in [6.07, 6.45) is 1.66. The number of nitrogens with zero attached hydrogens (tertiary/aromatic N) is 5. The number of halogens is 1. The molecule has 182 valence electrons. The Labute approximate surface area is 208 Å². The van der Waals surface area contributed by atoms with Gasteiger partial charge in [-0.2, -0.15) is 0 Å². The molecular weight excluding hydrogens is 457 g/mol. The van der Waals surface area contributed by atoms with Gasteiger partial charge in [0, 0.05) is 41.9 Å². The maximum Gasteiger partial charge on any atom is 0.253 e. The molecule has 2 aromatic heterocycles. The van der Waals surface area contributed by atoms with Crippen molar-refractivity contribution < 1.29 is 14.3 Å². The van der Waals surface area contributed by atoms with Crippen LogP contribution in [-0.4, -0.2) is 56.6 Å². The molecule has 0 aliphatic carbocycles. The number of β-amino-alcohol motifs (C(OH)–C–C–N with tert-alkyl or cyclic N) is 1. The number of amides is 1. The molecule has 1 fully saturated rings. The molecule has 4 heterocycles. The fourth-order valence-corrected chi connectivity index (χ4v) is 5.25. The third kappa shape index (κ3) is 3.78. The molecule has 2 aliphatic heterocycles. The van der Waals surface area contributed by atoms with E-state index in [-0.39, 0.29) is 17.1 Å². The van der Waals surface area contributed by atoms with E-state index in [1.807, 2.05) is 30.3 Å². The summed E-state index contributed by atoms with van der Waals surface area (Å²) in [5.41, 5.74) is 5.00. The van der Waals surface area contributed by atoms with Gasteiger partial charge in [-0.3, -0.25) is 4.79 Å². The summed E-state index contributed by atoms with van der Waals surface area (Å²) >= 11 is 0. The minimum Gasteiger partial charge on any atom is -0.391 e. The summed E-state index contributed by atoms with van der Waals surface area (Å²) in [7, 11) is 0. The fraction of sp³-hybridized carbons (Fsp3) is 0.286. The zero-order valence-electron chi connectivity index (χ0n) is 20.1. The Hall–Kier alpha value is -3.91. The van der Waals surface area contributed by atoms with E-state index in [2.05, 4.69) is 28.7 Å². The average Bonchev–Trinajstić information content (AvgIpc) is 3.43. The number of likely N-dealkylation sites (tertiary alicyclic amines) is 1. The molecule has 0 unspecified atom stereocenters. The van der Waals surface area contributed by atoms with Crippen LogP contribution in [0, 0.1) is 5.82 Å². The summed E-state index contributed by atoms with van der Waals surface area (Å²) in [6.45, 7) is 5.73. The monoisotopic (exact) mass is 483 g/mol. The van der Waals surface area contributed by atoms with Gasteiger partial charge in [0.15, 0.2) is 5.82 Å². The van der Waals surface area contributed by atoms with E-state index in [9.17, 15) is 14.3 Å². The summed E-state index contributed by atoms with van der Waals surface area (Å²) < 4.78 is 14.0. The second kappa shape index (κ2) is 8.34. The third-order valence-corrected chi connectivity index (χ3v) is 7.11. The first-order valence-electron chi connectivity index (χ1n) is 12.1. The summed E-state index contributed by atoms with van der Waals surface area (Å²) in [5, 5.41) is 9.81. The number of hydrogen-bond acceptors (Lipinski definition) is 6. The Balaban J connectivity index is 1.41. The van der Waals surface area contributed by atoms with Crippen molar-refractivity contribution >= 4 is 28.4 Å². The van der Waals surface area contributed by atoms with E-state index >= 15 is 0 Å². The lowest BCUT2D eigenvalue weighted by Crippen LogP contribution is -2.29. The Morgan fingerprint density at radius 2 is 1.97 bits per heavy atom. The maximum absolute atomic E-state index is 14.0. The number of rotatable bonds is 3. The van der Waals surface area contributed by atoms with Crippen molar-refractivity contribution in [1.29, 1.82) is 0 Å². The van der Waals surface area contributed by atoms with E-state index in [0.29, 0.717) is 54.2 Å². The van der Waals surface area contributed by atoms with Crippen LogP contribution in [0.2, 0.25) is 0 Å². The second-order valence-electron chi connectivity index (χ2n) is 10.2. The molecule has 1 N–H and O–H groups in total. The molecule has 8 heteroatoms. The Morgan fingerprint density at radius 3 is 2.78 bits per heavy atom. The van der Waals surface area contributed by atoms with E-state index in [1.54, 1.807) is 23.1 Å². The van der Waals surface area contributed by atoms with Crippen molar-refractivity contribution in [3.8, 4) is 11.3 Å². The van der Waals surface area contributed by atoms with Crippen molar-refractivity contribution in [3.63, 3.8) is 0 Å². The van der Waals surface area contributed by atoms with Crippen LogP contribution in [0.5, 0.6) is 0 Å². The number of carbonyl (C=O) groups excluding carboxylic acids is 1. The quantitative estimate of drug-likeness (QED) is 0.463. The van der Waals surface area contributed by atoms with E-state index in [4.69, 9.17) is 4.98 Å². The van der Waals surface area contributed by atoms with E-state index in [1.165, 1.54) is 12.4 Å². The average molecular weight is 484 g/mol. The molecule has 4 aromatic rings. The largest absolute Gasteiger partial charge is 0.391 e. The van der Waals surface area contributed by atoms with Gasteiger partial charge in [-0.15, -0.1) is 0 Å². The highest BCUT2D eigenvalue weighted by atomic mass is 19.1. The Bertz CT molecular complexity index is 1500. The molecule has 7 nitrogen and oxygen atoms in total. The molecule has 0 bridgehead atoms. The first-order valence-corrected chi connectivity index (χ1v) is 12.1. The molecule has 6 rings (SSSR count).